The average Bonchev–Trinajstić information content (AvgIpc) is 2.50. The molecule has 110 valence electrons. The average molecular weight is 274 g/mol. The van der Waals surface area contributed by atoms with E-state index in [-0.39, 0.29) is 6.29 Å². The van der Waals surface area contributed by atoms with Gasteiger partial charge in [-0.1, -0.05) is 38.1 Å². The molecule has 1 saturated heterocycles. The Labute approximate surface area is 122 Å². The highest BCUT2D eigenvalue weighted by atomic mass is 16.7. The Morgan fingerprint density at radius 3 is 2.65 bits per heavy atom. The second kappa shape index (κ2) is 8.11. The predicted octanol–water partition coefficient (Wildman–Crippen LogP) is 5.05. The van der Waals surface area contributed by atoms with Crippen molar-refractivity contribution in [3.63, 3.8) is 0 Å². The van der Waals surface area contributed by atoms with Gasteiger partial charge in [0.25, 0.3) is 0 Å². The molecule has 1 heterocycles. The van der Waals surface area contributed by atoms with Crippen LogP contribution >= 0.6 is 0 Å². The quantitative estimate of drug-likeness (QED) is 0.676. The topological polar surface area (TPSA) is 18.5 Å². The van der Waals surface area contributed by atoms with Gasteiger partial charge >= 0.3 is 0 Å². The fourth-order valence-corrected chi connectivity index (χ4v) is 2.53. The first-order chi connectivity index (χ1) is 9.83. The molecule has 1 aromatic carbocycles. The van der Waals surface area contributed by atoms with Gasteiger partial charge in [-0.15, -0.1) is 0 Å². The van der Waals surface area contributed by atoms with Crippen LogP contribution in [-0.4, -0.2) is 12.9 Å². The first kappa shape index (κ1) is 15.1. The number of ether oxygens (including phenoxy) is 2. The molecule has 1 aliphatic rings. The summed E-state index contributed by atoms with van der Waals surface area (Å²) in [4.78, 5) is 0. The zero-order valence-electron chi connectivity index (χ0n) is 12.7. The lowest BCUT2D eigenvalue weighted by Gasteiger charge is -2.23. The summed E-state index contributed by atoms with van der Waals surface area (Å²) in [5, 5.41) is 0. The van der Waals surface area contributed by atoms with E-state index in [0.717, 1.165) is 38.0 Å². The third-order valence-corrected chi connectivity index (χ3v) is 3.76. The van der Waals surface area contributed by atoms with Crippen LogP contribution in [0.1, 0.15) is 57.4 Å². The van der Waals surface area contributed by atoms with Gasteiger partial charge in [0, 0.05) is 12.3 Å². The largest absolute Gasteiger partial charge is 0.465 e. The van der Waals surface area contributed by atoms with E-state index in [4.69, 9.17) is 9.47 Å². The molecule has 1 aliphatic heterocycles. The zero-order chi connectivity index (χ0) is 14.2. The Hall–Kier alpha value is -1.28. The SMILES string of the molecule is CC/C=C/[C@H](CC)c1ccc(OC2CCCCO2)cc1. The molecule has 2 heteroatoms. The fourth-order valence-electron chi connectivity index (χ4n) is 2.53. The molecule has 0 aliphatic carbocycles. The van der Waals surface area contributed by atoms with Crippen molar-refractivity contribution in [2.24, 2.45) is 0 Å². The molecule has 0 bridgehead atoms. The fraction of sp³-hybridized carbons (Fsp3) is 0.556. The molecule has 2 nitrogen and oxygen atoms in total. The van der Waals surface area contributed by atoms with E-state index in [9.17, 15) is 0 Å². The summed E-state index contributed by atoms with van der Waals surface area (Å²) in [7, 11) is 0. The molecule has 0 saturated carbocycles. The lowest BCUT2D eigenvalue weighted by atomic mass is 9.96. The molecule has 1 aromatic rings. The minimum absolute atomic E-state index is 0.0587. The third kappa shape index (κ3) is 4.38. The molecule has 0 aromatic heterocycles. The van der Waals surface area contributed by atoms with Gasteiger partial charge in [-0.3, -0.25) is 0 Å². The maximum absolute atomic E-state index is 5.86. The highest BCUT2D eigenvalue weighted by molar-refractivity contribution is 5.31. The van der Waals surface area contributed by atoms with Crippen molar-refractivity contribution >= 4 is 0 Å². The third-order valence-electron chi connectivity index (χ3n) is 3.76. The van der Waals surface area contributed by atoms with Crippen molar-refractivity contribution in [3.05, 3.63) is 42.0 Å². The minimum Gasteiger partial charge on any atom is -0.465 e. The first-order valence-electron chi connectivity index (χ1n) is 7.88. The summed E-state index contributed by atoms with van der Waals surface area (Å²) in [6.07, 6.45) is 10.1. The van der Waals surface area contributed by atoms with Crippen molar-refractivity contribution in [3.8, 4) is 5.75 Å². The molecule has 0 radical (unpaired) electrons. The Morgan fingerprint density at radius 1 is 1.25 bits per heavy atom. The summed E-state index contributed by atoms with van der Waals surface area (Å²) in [5.41, 5.74) is 1.36. The molecule has 0 spiro atoms. The first-order valence-corrected chi connectivity index (χ1v) is 7.88. The highest BCUT2D eigenvalue weighted by Gasteiger charge is 2.15. The number of hydrogen-bond acceptors (Lipinski definition) is 2. The molecule has 2 atom stereocenters. The Bertz CT molecular complexity index is 402. The van der Waals surface area contributed by atoms with Gasteiger partial charge in [-0.2, -0.15) is 0 Å². The molecular weight excluding hydrogens is 248 g/mol. The van der Waals surface area contributed by atoms with Gasteiger partial charge in [0.15, 0.2) is 6.29 Å². The number of benzene rings is 1. The number of rotatable bonds is 6. The normalized spacial score (nSPS) is 21.0. The van der Waals surface area contributed by atoms with Crippen molar-refractivity contribution in [1.82, 2.24) is 0 Å². The Kier molecular flexibility index (Phi) is 6.13. The van der Waals surface area contributed by atoms with Crippen LogP contribution in [0, 0.1) is 0 Å². The van der Waals surface area contributed by atoms with Crippen molar-refractivity contribution in [1.29, 1.82) is 0 Å². The van der Waals surface area contributed by atoms with Crippen molar-refractivity contribution in [2.45, 2.75) is 58.2 Å². The minimum atomic E-state index is -0.0587. The lowest BCUT2D eigenvalue weighted by Crippen LogP contribution is -2.24. The van der Waals surface area contributed by atoms with Crippen molar-refractivity contribution in [2.75, 3.05) is 6.61 Å². The Morgan fingerprint density at radius 2 is 2.05 bits per heavy atom. The molecule has 20 heavy (non-hydrogen) atoms. The number of allylic oxidation sites excluding steroid dienone is 2. The van der Waals surface area contributed by atoms with E-state index >= 15 is 0 Å². The van der Waals surface area contributed by atoms with E-state index in [1.54, 1.807) is 0 Å². The summed E-state index contributed by atoms with van der Waals surface area (Å²) < 4.78 is 11.5. The van der Waals surface area contributed by atoms with Gasteiger partial charge in [-0.25, -0.2) is 0 Å². The molecule has 1 unspecified atom stereocenters. The smallest absolute Gasteiger partial charge is 0.199 e. The monoisotopic (exact) mass is 274 g/mol. The zero-order valence-corrected chi connectivity index (χ0v) is 12.7. The summed E-state index contributed by atoms with van der Waals surface area (Å²) in [6, 6.07) is 8.48. The second-order valence-electron chi connectivity index (χ2n) is 5.33. The van der Waals surface area contributed by atoms with Crippen LogP contribution in [0.15, 0.2) is 36.4 Å². The van der Waals surface area contributed by atoms with Crippen LogP contribution in [0.25, 0.3) is 0 Å². The summed E-state index contributed by atoms with van der Waals surface area (Å²) in [5.74, 6) is 1.42. The van der Waals surface area contributed by atoms with Gasteiger partial charge in [-0.05, 0) is 43.4 Å². The van der Waals surface area contributed by atoms with Crippen molar-refractivity contribution < 1.29 is 9.47 Å². The summed E-state index contributed by atoms with van der Waals surface area (Å²) in [6.45, 7) is 5.22. The van der Waals surface area contributed by atoms with E-state index in [2.05, 4.69) is 50.3 Å². The van der Waals surface area contributed by atoms with E-state index in [1.807, 2.05) is 0 Å². The van der Waals surface area contributed by atoms with Gasteiger partial charge in [0.05, 0.1) is 6.61 Å². The molecule has 0 amide bonds. The van der Waals surface area contributed by atoms with Crippen LogP contribution in [-0.2, 0) is 4.74 Å². The standard InChI is InChI=1S/C18H26O2/c1-3-5-8-15(4-2)16-10-12-17(13-11-16)20-18-9-6-7-14-19-18/h5,8,10-13,15,18H,3-4,6-7,9,14H2,1-2H3/b8-5+/t15-,18?/m0/s1. The maximum atomic E-state index is 5.86. The Balaban J connectivity index is 1.95. The lowest BCUT2D eigenvalue weighted by molar-refractivity contribution is -0.105. The van der Waals surface area contributed by atoms with E-state index in [1.165, 1.54) is 12.0 Å². The molecular formula is C18H26O2. The van der Waals surface area contributed by atoms with Crippen LogP contribution < -0.4 is 4.74 Å². The van der Waals surface area contributed by atoms with Gasteiger partial charge in [0.1, 0.15) is 5.75 Å². The van der Waals surface area contributed by atoms with Gasteiger partial charge < -0.3 is 9.47 Å². The van der Waals surface area contributed by atoms with E-state index < -0.39 is 0 Å². The van der Waals surface area contributed by atoms with Crippen LogP contribution in [0.5, 0.6) is 5.75 Å². The maximum Gasteiger partial charge on any atom is 0.199 e. The molecule has 0 N–H and O–H groups in total. The highest BCUT2D eigenvalue weighted by Crippen LogP contribution is 2.25. The van der Waals surface area contributed by atoms with Crippen LogP contribution in [0.3, 0.4) is 0 Å². The molecule has 2 rings (SSSR count). The van der Waals surface area contributed by atoms with E-state index in [0.29, 0.717) is 5.92 Å². The number of hydrogen-bond donors (Lipinski definition) is 0. The van der Waals surface area contributed by atoms with Crippen LogP contribution in [0.4, 0.5) is 0 Å². The second-order valence-corrected chi connectivity index (χ2v) is 5.33. The van der Waals surface area contributed by atoms with Crippen LogP contribution in [0.2, 0.25) is 0 Å². The predicted molar refractivity (Wildman–Crippen MR) is 83.1 cm³/mol. The molecule has 1 fully saturated rings. The summed E-state index contributed by atoms with van der Waals surface area (Å²) >= 11 is 0. The van der Waals surface area contributed by atoms with Gasteiger partial charge in [0.2, 0.25) is 0 Å².